The van der Waals surface area contributed by atoms with Crippen LogP contribution < -0.4 is 5.43 Å². The lowest BCUT2D eigenvalue weighted by Gasteiger charge is -1.99. The first kappa shape index (κ1) is 12.3. The van der Waals surface area contributed by atoms with Crippen LogP contribution in [0.2, 0.25) is 0 Å². The molecule has 18 heavy (non-hydrogen) atoms. The topological polar surface area (TPSA) is 55.1 Å². The van der Waals surface area contributed by atoms with Gasteiger partial charge in [0, 0.05) is 30.2 Å². The highest BCUT2D eigenvalue weighted by molar-refractivity contribution is 5.83. The summed E-state index contributed by atoms with van der Waals surface area (Å²) in [4.78, 5) is 3.95. The molecule has 2 rings (SSSR count). The summed E-state index contributed by atoms with van der Waals surface area (Å²) in [5.41, 5.74) is 7.08. The molecule has 0 bridgehead atoms. The molecule has 0 fully saturated rings. The van der Waals surface area contributed by atoms with Crippen molar-refractivity contribution in [2.24, 2.45) is 5.10 Å². The normalized spacial score (nSPS) is 11.1. The van der Waals surface area contributed by atoms with Gasteiger partial charge in [0.25, 0.3) is 0 Å². The number of anilines is 1. The smallest absolute Gasteiger partial charge is 0.0685 e. The Balaban J connectivity index is 2.12. The van der Waals surface area contributed by atoms with E-state index < -0.39 is 0 Å². The molecule has 0 radical (unpaired) electrons. The molecule has 1 N–H and O–H groups in total. The molecule has 0 saturated heterocycles. The highest BCUT2D eigenvalue weighted by atomic mass is 15.3. The van der Waals surface area contributed by atoms with Crippen molar-refractivity contribution >= 4 is 11.9 Å². The number of hydrazone groups is 1. The minimum Gasteiger partial charge on any atom is -0.278 e. The van der Waals surface area contributed by atoms with Gasteiger partial charge in [0.2, 0.25) is 0 Å². The van der Waals surface area contributed by atoms with Crippen molar-refractivity contribution in [3.8, 4) is 0 Å². The Labute approximate surface area is 107 Å². The van der Waals surface area contributed by atoms with Crippen molar-refractivity contribution in [1.82, 2.24) is 14.8 Å². The molecule has 0 aromatic carbocycles. The summed E-state index contributed by atoms with van der Waals surface area (Å²) in [6.07, 6.45) is 5.26. The molecule has 2 aromatic heterocycles. The monoisotopic (exact) mass is 243 g/mol. The molecule has 0 aliphatic carbocycles. The Morgan fingerprint density at radius 1 is 1.33 bits per heavy atom. The van der Waals surface area contributed by atoms with Gasteiger partial charge in [-0.25, -0.2) is 0 Å². The third-order valence-electron chi connectivity index (χ3n) is 2.80. The zero-order valence-electron chi connectivity index (χ0n) is 10.9. The van der Waals surface area contributed by atoms with Gasteiger partial charge in [-0.05, 0) is 32.9 Å². The fourth-order valence-electron chi connectivity index (χ4n) is 1.80. The number of nitrogens with zero attached hydrogens (tertiary/aromatic N) is 4. The van der Waals surface area contributed by atoms with Crippen molar-refractivity contribution in [2.45, 2.75) is 27.3 Å². The summed E-state index contributed by atoms with van der Waals surface area (Å²) < 4.78 is 1.98. The van der Waals surface area contributed by atoms with E-state index >= 15 is 0 Å². The molecule has 0 saturated carbocycles. The van der Waals surface area contributed by atoms with Crippen LogP contribution in [0.5, 0.6) is 0 Å². The first-order valence-electron chi connectivity index (χ1n) is 5.95. The van der Waals surface area contributed by atoms with Crippen LogP contribution in [0, 0.1) is 13.8 Å². The number of rotatable bonds is 4. The quantitative estimate of drug-likeness (QED) is 0.662. The second-order valence-corrected chi connectivity index (χ2v) is 4.01. The molecule has 5 nitrogen and oxygen atoms in total. The van der Waals surface area contributed by atoms with Crippen molar-refractivity contribution in [2.75, 3.05) is 5.43 Å². The molecular formula is C13H17N5. The number of hydrogen-bond donors (Lipinski definition) is 1. The van der Waals surface area contributed by atoms with Crippen molar-refractivity contribution in [3.05, 3.63) is 41.5 Å². The van der Waals surface area contributed by atoms with E-state index in [2.05, 4.69) is 34.5 Å². The molecule has 0 spiro atoms. The van der Waals surface area contributed by atoms with E-state index in [0.29, 0.717) is 0 Å². The lowest BCUT2D eigenvalue weighted by molar-refractivity contribution is 0.634. The molecule has 94 valence electrons. The Morgan fingerprint density at radius 3 is 2.67 bits per heavy atom. The summed E-state index contributed by atoms with van der Waals surface area (Å²) in [5, 5.41) is 8.67. The third-order valence-corrected chi connectivity index (χ3v) is 2.80. The fraction of sp³-hybridized carbons (Fsp3) is 0.308. The number of hydrogen-bond acceptors (Lipinski definition) is 4. The van der Waals surface area contributed by atoms with Gasteiger partial charge in [-0.1, -0.05) is 0 Å². The average molecular weight is 243 g/mol. The summed E-state index contributed by atoms with van der Waals surface area (Å²) in [6.45, 7) is 7.00. The van der Waals surface area contributed by atoms with Gasteiger partial charge in [0.05, 0.1) is 17.6 Å². The zero-order chi connectivity index (χ0) is 13.0. The SMILES string of the molecule is CCn1nc(C)c(C=NNc2ccncc2)c1C. The summed E-state index contributed by atoms with van der Waals surface area (Å²) in [7, 11) is 0. The summed E-state index contributed by atoms with van der Waals surface area (Å²) in [5.74, 6) is 0. The number of aromatic nitrogens is 3. The van der Waals surface area contributed by atoms with Crippen LogP contribution in [-0.4, -0.2) is 21.0 Å². The largest absolute Gasteiger partial charge is 0.278 e. The molecule has 5 heteroatoms. The summed E-state index contributed by atoms with van der Waals surface area (Å²) >= 11 is 0. The molecule has 0 aliphatic heterocycles. The standard InChI is InChI=1S/C13H17N5/c1-4-18-11(3)13(10(2)17-18)9-15-16-12-5-7-14-8-6-12/h5-9H,4H2,1-3H3,(H,14,16). The van der Waals surface area contributed by atoms with Gasteiger partial charge >= 0.3 is 0 Å². The maximum Gasteiger partial charge on any atom is 0.0685 e. The van der Waals surface area contributed by atoms with Gasteiger partial charge in [-0.15, -0.1) is 0 Å². The fourth-order valence-corrected chi connectivity index (χ4v) is 1.80. The molecule has 0 amide bonds. The van der Waals surface area contributed by atoms with Gasteiger partial charge < -0.3 is 0 Å². The minimum atomic E-state index is 0.873. The number of nitrogens with one attached hydrogen (secondary N) is 1. The predicted molar refractivity (Wildman–Crippen MR) is 72.8 cm³/mol. The molecule has 0 atom stereocenters. The van der Waals surface area contributed by atoms with E-state index in [1.165, 1.54) is 0 Å². The third kappa shape index (κ3) is 2.56. The molecule has 2 heterocycles. The van der Waals surface area contributed by atoms with E-state index in [1.807, 2.05) is 30.0 Å². The van der Waals surface area contributed by atoms with E-state index in [0.717, 1.165) is 29.2 Å². The van der Waals surface area contributed by atoms with Gasteiger partial charge in [0.15, 0.2) is 0 Å². The van der Waals surface area contributed by atoms with Crippen LogP contribution in [0.4, 0.5) is 5.69 Å². The molecule has 0 aliphatic rings. The van der Waals surface area contributed by atoms with Crippen LogP contribution in [-0.2, 0) is 6.54 Å². The number of pyridine rings is 1. The van der Waals surface area contributed by atoms with Crippen LogP contribution in [0.3, 0.4) is 0 Å². The average Bonchev–Trinajstić information content (AvgIpc) is 2.67. The molecular weight excluding hydrogens is 226 g/mol. The Hall–Kier alpha value is -2.17. The highest BCUT2D eigenvalue weighted by Crippen LogP contribution is 2.10. The van der Waals surface area contributed by atoms with E-state index in [9.17, 15) is 0 Å². The minimum absolute atomic E-state index is 0.873. The van der Waals surface area contributed by atoms with Crippen LogP contribution >= 0.6 is 0 Å². The first-order chi connectivity index (χ1) is 8.72. The maximum absolute atomic E-state index is 4.44. The van der Waals surface area contributed by atoms with Gasteiger partial charge in [-0.3, -0.25) is 15.1 Å². The Bertz CT molecular complexity index is 542. The van der Waals surface area contributed by atoms with E-state index in [-0.39, 0.29) is 0 Å². The zero-order valence-corrected chi connectivity index (χ0v) is 10.9. The van der Waals surface area contributed by atoms with Crippen LogP contribution in [0.1, 0.15) is 23.9 Å². The maximum atomic E-state index is 4.44. The van der Waals surface area contributed by atoms with Crippen molar-refractivity contribution < 1.29 is 0 Å². The molecule has 2 aromatic rings. The lowest BCUT2D eigenvalue weighted by Crippen LogP contribution is -1.99. The number of aryl methyl sites for hydroxylation is 2. The van der Waals surface area contributed by atoms with Gasteiger partial charge in [-0.2, -0.15) is 10.2 Å². The predicted octanol–water partition coefficient (Wildman–Crippen LogP) is 2.36. The second kappa shape index (κ2) is 5.44. The van der Waals surface area contributed by atoms with Crippen LogP contribution in [0.25, 0.3) is 0 Å². The van der Waals surface area contributed by atoms with E-state index in [4.69, 9.17) is 0 Å². The summed E-state index contributed by atoms with van der Waals surface area (Å²) in [6, 6.07) is 3.74. The van der Waals surface area contributed by atoms with Gasteiger partial charge in [0.1, 0.15) is 0 Å². The van der Waals surface area contributed by atoms with Crippen molar-refractivity contribution in [3.63, 3.8) is 0 Å². The van der Waals surface area contributed by atoms with Crippen molar-refractivity contribution in [1.29, 1.82) is 0 Å². The highest BCUT2D eigenvalue weighted by Gasteiger charge is 2.07. The van der Waals surface area contributed by atoms with Crippen LogP contribution in [0.15, 0.2) is 29.6 Å². The Morgan fingerprint density at radius 2 is 2.06 bits per heavy atom. The van der Waals surface area contributed by atoms with E-state index in [1.54, 1.807) is 12.4 Å². The second-order valence-electron chi connectivity index (χ2n) is 4.01. The molecule has 0 unspecified atom stereocenters. The Kier molecular flexibility index (Phi) is 3.72. The first-order valence-corrected chi connectivity index (χ1v) is 5.95. The lowest BCUT2D eigenvalue weighted by atomic mass is 10.2.